The van der Waals surface area contributed by atoms with E-state index >= 15 is 0 Å². The number of aromatic amines is 1. The van der Waals surface area contributed by atoms with E-state index in [9.17, 15) is 9.59 Å². The first-order valence-corrected chi connectivity index (χ1v) is 13.8. The third-order valence-corrected chi connectivity index (χ3v) is 7.49. The molecule has 2 aromatic carbocycles. The molecule has 3 N–H and O–H groups in total. The monoisotopic (exact) mass is 537 g/mol. The lowest BCUT2D eigenvalue weighted by atomic mass is 9.84. The SMILES string of the molecule is C=CC(=O)C1CCC[C@@H](Oc2n[nH]c3nccc(Nc4cccc(C(=O)Nc5ccc(C(C)C)c(C)c5)c4)c23)C1. The van der Waals surface area contributed by atoms with E-state index in [1.807, 2.05) is 36.4 Å². The van der Waals surface area contributed by atoms with Crippen LogP contribution >= 0.6 is 0 Å². The van der Waals surface area contributed by atoms with Crippen molar-refractivity contribution in [3.05, 3.63) is 84.1 Å². The van der Waals surface area contributed by atoms with Crippen molar-refractivity contribution < 1.29 is 14.3 Å². The number of aryl methyl sites for hydroxylation is 1. The summed E-state index contributed by atoms with van der Waals surface area (Å²) in [4.78, 5) is 29.6. The van der Waals surface area contributed by atoms with Crippen LogP contribution in [0.3, 0.4) is 0 Å². The summed E-state index contributed by atoms with van der Waals surface area (Å²) >= 11 is 0. The fourth-order valence-electron chi connectivity index (χ4n) is 5.45. The molecular weight excluding hydrogens is 502 g/mol. The molecule has 5 rings (SSSR count). The van der Waals surface area contributed by atoms with E-state index in [1.54, 1.807) is 12.3 Å². The van der Waals surface area contributed by atoms with Crippen LogP contribution in [-0.2, 0) is 4.79 Å². The summed E-state index contributed by atoms with van der Waals surface area (Å²) in [5.41, 5.74) is 5.80. The van der Waals surface area contributed by atoms with Crippen molar-refractivity contribution in [2.24, 2.45) is 5.92 Å². The molecule has 4 aromatic rings. The normalized spacial score (nSPS) is 17.0. The molecule has 0 saturated heterocycles. The quantitative estimate of drug-likeness (QED) is 0.197. The average molecular weight is 538 g/mol. The Hall–Kier alpha value is -4.46. The van der Waals surface area contributed by atoms with Gasteiger partial charge in [0.2, 0.25) is 5.88 Å². The number of ether oxygens (including phenoxy) is 1. The van der Waals surface area contributed by atoms with Gasteiger partial charge in [0, 0.05) is 29.1 Å². The molecule has 0 aliphatic heterocycles. The molecule has 2 heterocycles. The summed E-state index contributed by atoms with van der Waals surface area (Å²) in [6.45, 7) is 10.0. The molecule has 2 atom stereocenters. The maximum atomic E-state index is 13.1. The van der Waals surface area contributed by atoms with Gasteiger partial charge in [-0.05, 0) is 92.1 Å². The fraction of sp³-hybridized carbons (Fsp3) is 0.312. The zero-order valence-corrected chi connectivity index (χ0v) is 23.2. The highest BCUT2D eigenvalue weighted by Gasteiger charge is 2.28. The Labute approximate surface area is 234 Å². The summed E-state index contributed by atoms with van der Waals surface area (Å²) in [5, 5.41) is 14.5. The lowest BCUT2D eigenvalue weighted by molar-refractivity contribution is -0.120. The lowest BCUT2D eigenvalue weighted by Gasteiger charge is -2.27. The molecule has 1 unspecified atom stereocenters. The Kier molecular flexibility index (Phi) is 7.96. The molecule has 206 valence electrons. The second kappa shape index (κ2) is 11.7. The lowest BCUT2D eigenvalue weighted by Crippen LogP contribution is -2.29. The third-order valence-electron chi connectivity index (χ3n) is 7.49. The minimum absolute atomic E-state index is 0.0656. The second-order valence-electron chi connectivity index (χ2n) is 10.7. The molecule has 2 aromatic heterocycles. The van der Waals surface area contributed by atoms with E-state index in [0.717, 1.165) is 47.3 Å². The van der Waals surface area contributed by atoms with Gasteiger partial charge >= 0.3 is 0 Å². The van der Waals surface area contributed by atoms with Crippen molar-refractivity contribution in [2.45, 2.75) is 58.5 Å². The van der Waals surface area contributed by atoms with Gasteiger partial charge in [-0.3, -0.25) is 14.7 Å². The molecular formula is C32H35N5O3. The molecule has 8 nitrogen and oxygen atoms in total. The van der Waals surface area contributed by atoms with Gasteiger partial charge in [-0.15, -0.1) is 5.10 Å². The Balaban J connectivity index is 1.33. The van der Waals surface area contributed by atoms with Crippen molar-refractivity contribution in [1.82, 2.24) is 15.2 Å². The van der Waals surface area contributed by atoms with Gasteiger partial charge in [0.05, 0.1) is 5.69 Å². The van der Waals surface area contributed by atoms with Crippen LogP contribution in [-0.4, -0.2) is 33.0 Å². The van der Waals surface area contributed by atoms with Gasteiger partial charge in [-0.25, -0.2) is 4.98 Å². The Morgan fingerprint density at radius 1 is 1.12 bits per heavy atom. The maximum absolute atomic E-state index is 13.1. The highest BCUT2D eigenvalue weighted by molar-refractivity contribution is 6.05. The maximum Gasteiger partial charge on any atom is 0.255 e. The molecule has 1 aliphatic rings. The number of allylic oxidation sites excluding steroid dienone is 1. The second-order valence-corrected chi connectivity index (χ2v) is 10.7. The number of fused-ring (bicyclic) bond motifs is 1. The van der Waals surface area contributed by atoms with E-state index < -0.39 is 0 Å². The van der Waals surface area contributed by atoms with Gasteiger partial charge in [-0.1, -0.05) is 32.6 Å². The van der Waals surface area contributed by atoms with Gasteiger partial charge in [-0.2, -0.15) is 0 Å². The summed E-state index contributed by atoms with van der Waals surface area (Å²) in [6, 6.07) is 15.2. The summed E-state index contributed by atoms with van der Waals surface area (Å²) < 4.78 is 6.30. The first-order chi connectivity index (χ1) is 19.3. The topological polar surface area (TPSA) is 109 Å². The molecule has 0 radical (unpaired) electrons. The van der Waals surface area contributed by atoms with Crippen LogP contribution in [0, 0.1) is 12.8 Å². The smallest absolute Gasteiger partial charge is 0.255 e. The molecule has 0 bridgehead atoms. The number of hydrogen-bond acceptors (Lipinski definition) is 6. The van der Waals surface area contributed by atoms with Crippen LogP contribution in [0.2, 0.25) is 0 Å². The zero-order chi connectivity index (χ0) is 28.2. The van der Waals surface area contributed by atoms with E-state index in [2.05, 4.69) is 59.2 Å². The van der Waals surface area contributed by atoms with Crippen molar-refractivity contribution in [1.29, 1.82) is 0 Å². The van der Waals surface area contributed by atoms with Crippen LogP contribution in [0.5, 0.6) is 5.88 Å². The number of carbonyl (C=O) groups excluding carboxylic acids is 2. The minimum atomic E-state index is -0.187. The van der Waals surface area contributed by atoms with Crippen molar-refractivity contribution in [2.75, 3.05) is 10.6 Å². The Bertz CT molecular complexity index is 1560. The van der Waals surface area contributed by atoms with Gasteiger partial charge in [0.25, 0.3) is 5.91 Å². The number of anilines is 3. The average Bonchev–Trinajstić information content (AvgIpc) is 3.36. The molecule has 1 amide bonds. The predicted molar refractivity (Wildman–Crippen MR) is 158 cm³/mol. The van der Waals surface area contributed by atoms with Crippen LogP contribution in [0.1, 0.15) is 66.9 Å². The number of nitrogens with one attached hydrogen (secondary N) is 3. The van der Waals surface area contributed by atoms with E-state index in [-0.39, 0.29) is 23.7 Å². The molecule has 8 heteroatoms. The number of amides is 1. The highest BCUT2D eigenvalue weighted by atomic mass is 16.5. The predicted octanol–water partition coefficient (Wildman–Crippen LogP) is 7.08. The van der Waals surface area contributed by atoms with Gasteiger partial charge in [0.15, 0.2) is 11.4 Å². The first kappa shape index (κ1) is 27.1. The van der Waals surface area contributed by atoms with Crippen LogP contribution < -0.4 is 15.4 Å². The Morgan fingerprint density at radius 3 is 2.75 bits per heavy atom. The molecule has 1 saturated carbocycles. The highest BCUT2D eigenvalue weighted by Crippen LogP contribution is 2.35. The zero-order valence-electron chi connectivity index (χ0n) is 23.2. The van der Waals surface area contributed by atoms with Crippen molar-refractivity contribution in [3.63, 3.8) is 0 Å². The fourth-order valence-corrected chi connectivity index (χ4v) is 5.45. The van der Waals surface area contributed by atoms with E-state index in [1.165, 1.54) is 11.6 Å². The number of H-pyrrole nitrogens is 1. The van der Waals surface area contributed by atoms with Crippen LogP contribution in [0.25, 0.3) is 11.0 Å². The molecule has 1 fully saturated rings. The standard InChI is InChI=1S/C32H35N5O3/c1-5-28(38)21-8-7-11-25(18-21)40-32-29-27(14-15-33-30(29)36-37-32)34-23-10-6-9-22(17-23)31(39)35-24-12-13-26(19(2)3)20(4)16-24/h5-6,9-10,12-17,19,21,25H,1,7-8,11,18H2,2-4H3,(H,35,39)(H2,33,34,36,37)/t21?,25-/m1/s1. The summed E-state index contributed by atoms with van der Waals surface area (Å²) in [5.74, 6) is 0.679. The van der Waals surface area contributed by atoms with E-state index in [4.69, 9.17) is 4.74 Å². The van der Waals surface area contributed by atoms with Crippen LogP contribution in [0.15, 0.2) is 67.4 Å². The number of aromatic nitrogens is 3. The number of hydrogen-bond donors (Lipinski definition) is 3. The Morgan fingerprint density at radius 2 is 1.98 bits per heavy atom. The first-order valence-electron chi connectivity index (χ1n) is 13.8. The molecule has 40 heavy (non-hydrogen) atoms. The third kappa shape index (κ3) is 5.91. The number of ketones is 1. The largest absolute Gasteiger partial charge is 0.473 e. The number of benzene rings is 2. The molecule has 0 spiro atoms. The minimum Gasteiger partial charge on any atom is -0.473 e. The van der Waals surface area contributed by atoms with Gasteiger partial charge < -0.3 is 15.4 Å². The van der Waals surface area contributed by atoms with Crippen molar-refractivity contribution in [3.8, 4) is 5.88 Å². The summed E-state index contributed by atoms with van der Waals surface area (Å²) in [6.07, 6.45) is 6.23. The molecule has 1 aliphatic carbocycles. The summed E-state index contributed by atoms with van der Waals surface area (Å²) in [7, 11) is 0. The van der Waals surface area contributed by atoms with Gasteiger partial charge in [0.1, 0.15) is 11.5 Å². The van der Waals surface area contributed by atoms with E-state index in [0.29, 0.717) is 29.4 Å². The number of rotatable bonds is 9. The number of carbonyl (C=O) groups is 2. The number of nitrogens with zero attached hydrogens (tertiary/aromatic N) is 2. The number of pyridine rings is 1. The van der Waals surface area contributed by atoms with Crippen LogP contribution in [0.4, 0.5) is 17.1 Å². The van der Waals surface area contributed by atoms with Crippen molar-refractivity contribution >= 4 is 39.8 Å².